The predicted molar refractivity (Wildman–Crippen MR) is 111 cm³/mol. The fourth-order valence-electron chi connectivity index (χ4n) is 3.38. The van der Waals surface area contributed by atoms with Crippen LogP contribution in [0.15, 0.2) is 53.5 Å². The lowest BCUT2D eigenvalue weighted by Crippen LogP contribution is -2.36. The first-order valence-electron chi connectivity index (χ1n) is 9.62. The molecule has 5 heteroatoms. The lowest BCUT2D eigenvalue weighted by Gasteiger charge is -2.17. The van der Waals surface area contributed by atoms with E-state index in [1.807, 2.05) is 17.0 Å². The largest absolute Gasteiger partial charge is 0.352 e. The first-order valence-corrected chi connectivity index (χ1v) is 9.62. The van der Waals surface area contributed by atoms with E-state index >= 15 is 0 Å². The topological polar surface area (TPSA) is 56.7 Å². The molecular weight excluding hydrogens is 336 g/mol. The van der Waals surface area contributed by atoms with Crippen LogP contribution in [0.5, 0.6) is 0 Å². The van der Waals surface area contributed by atoms with Gasteiger partial charge in [0.2, 0.25) is 5.91 Å². The zero-order chi connectivity index (χ0) is 19.1. The Hall–Kier alpha value is -2.82. The third-order valence-electron chi connectivity index (χ3n) is 4.95. The molecule has 0 bridgehead atoms. The Labute approximate surface area is 161 Å². The van der Waals surface area contributed by atoms with Gasteiger partial charge in [0.25, 0.3) is 0 Å². The summed E-state index contributed by atoms with van der Waals surface area (Å²) in [7, 11) is 1.78. The number of rotatable bonds is 6. The van der Waals surface area contributed by atoms with Crippen molar-refractivity contribution in [2.45, 2.75) is 39.3 Å². The number of carbonyl (C=O) groups is 1. The van der Waals surface area contributed by atoms with E-state index in [9.17, 15) is 4.79 Å². The third-order valence-corrected chi connectivity index (χ3v) is 4.95. The minimum absolute atomic E-state index is 0.220. The van der Waals surface area contributed by atoms with Gasteiger partial charge < -0.3 is 15.5 Å². The molecule has 0 atom stereocenters. The molecule has 3 rings (SSSR count). The lowest BCUT2D eigenvalue weighted by molar-refractivity contribution is -0.117. The SMILES string of the molecule is CCc1ccccc1CNC(=NC)NCc1ccc(N2CCCC2=O)cc1. The highest BCUT2D eigenvalue weighted by molar-refractivity contribution is 5.95. The number of hydrogen-bond donors (Lipinski definition) is 2. The van der Waals surface area contributed by atoms with Crippen LogP contribution in [0.3, 0.4) is 0 Å². The van der Waals surface area contributed by atoms with E-state index in [1.54, 1.807) is 7.05 Å². The summed E-state index contributed by atoms with van der Waals surface area (Å²) in [5.41, 5.74) is 4.79. The van der Waals surface area contributed by atoms with E-state index in [2.05, 4.69) is 58.9 Å². The van der Waals surface area contributed by atoms with Gasteiger partial charge in [-0.15, -0.1) is 0 Å². The summed E-state index contributed by atoms with van der Waals surface area (Å²) in [4.78, 5) is 18.0. The number of hydrogen-bond acceptors (Lipinski definition) is 2. The van der Waals surface area contributed by atoms with Gasteiger partial charge in [0.15, 0.2) is 5.96 Å². The molecule has 1 amide bonds. The second kappa shape index (κ2) is 9.21. The number of nitrogens with one attached hydrogen (secondary N) is 2. The standard InChI is InChI=1S/C22H28N4O/c1-3-18-7-4-5-8-19(18)16-25-22(23-2)24-15-17-10-12-20(13-11-17)26-14-6-9-21(26)27/h4-5,7-8,10-13H,3,6,9,14-16H2,1-2H3,(H2,23,24,25). The Morgan fingerprint density at radius 3 is 2.37 bits per heavy atom. The number of carbonyl (C=O) groups excluding carboxylic acids is 1. The van der Waals surface area contributed by atoms with Crippen LogP contribution in [-0.2, 0) is 24.3 Å². The molecule has 1 heterocycles. The molecule has 0 saturated carbocycles. The first kappa shape index (κ1) is 19.0. The Morgan fingerprint density at radius 1 is 1.04 bits per heavy atom. The van der Waals surface area contributed by atoms with Gasteiger partial charge >= 0.3 is 0 Å². The second-order valence-electron chi connectivity index (χ2n) is 6.72. The van der Waals surface area contributed by atoms with Gasteiger partial charge in [0.05, 0.1) is 0 Å². The Kier molecular flexibility index (Phi) is 6.47. The molecule has 0 unspecified atom stereocenters. The minimum Gasteiger partial charge on any atom is -0.352 e. The Bertz CT molecular complexity index is 798. The molecule has 0 aliphatic carbocycles. The van der Waals surface area contributed by atoms with Crippen LogP contribution in [0.2, 0.25) is 0 Å². The molecule has 1 aliphatic rings. The number of aliphatic imine (C=N–C) groups is 1. The molecule has 27 heavy (non-hydrogen) atoms. The van der Waals surface area contributed by atoms with E-state index in [-0.39, 0.29) is 5.91 Å². The number of aryl methyl sites for hydroxylation is 1. The van der Waals surface area contributed by atoms with E-state index < -0.39 is 0 Å². The van der Waals surface area contributed by atoms with Gasteiger partial charge in [-0.1, -0.05) is 43.3 Å². The van der Waals surface area contributed by atoms with Gasteiger partial charge in [0.1, 0.15) is 0 Å². The number of anilines is 1. The van der Waals surface area contributed by atoms with Gasteiger partial charge in [-0.3, -0.25) is 9.79 Å². The number of benzene rings is 2. The molecule has 2 N–H and O–H groups in total. The highest BCUT2D eigenvalue weighted by Gasteiger charge is 2.21. The molecule has 0 spiro atoms. The van der Waals surface area contributed by atoms with Crippen LogP contribution in [0.1, 0.15) is 36.5 Å². The van der Waals surface area contributed by atoms with Crippen molar-refractivity contribution in [1.82, 2.24) is 10.6 Å². The summed E-state index contributed by atoms with van der Waals surface area (Å²) in [6.45, 7) is 4.43. The summed E-state index contributed by atoms with van der Waals surface area (Å²) < 4.78 is 0. The van der Waals surface area contributed by atoms with Crippen molar-refractivity contribution in [1.29, 1.82) is 0 Å². The highest BCUT2D eigenvalue weighted by atomic mass is 16.2. The van der Waals surface area contributed by atoms with E-state index in [0.29, 0.717) is 13.0 Å². The van der Waals surface area contributed by atoms with Gasteiger partial charge in [-0.25, -0.2) is 0 Å². The van der Waals surface area contributed by atoms with Crippen molar-refractivity contribution in [2.75, 3.05) is 18.5 Å². The lowest BCUT2D eigenvalue weighted by atomic mass is 10.1. The quantitative estimate of drug-likeness (QED) is 0.611. The summed E-state index contributed by atoms with van der Waals surface area (Å²) >= 11 is 0. The van der Waals surface area contributed by atoms with Crippen molar-refractivity contribution in [3.05, 3.63) is 65.2 Å². The maximum atomic E-state index is 11.8. The first-order chi connectivity index (χ1) is 13.2. The van der Waals surface area contributed by atoms with Crippen molar-refractivity contribution >= 4 is 17.6 Å². The normalized spacial score (nSPS) is 14.5. The van der Waals surface area contributed by atoms with Gasteiger partial charge in [0, 0.05) is 38.8 Å². The monoisotopic (exact) mass is 364 g/mol. The fourth-order valence-corrected chi connectivity index (χ4v) is 3.38. The summed E-state index contributed by atoms with van der Waals surface area (Å²) in [5, 5.41) is 6.73. The fraction of sp³-hybridized carbons (Fsp3) is 0.364. The van der Waals surface area contributed by atoms with Crippen LogP contribution in [-0.4, -0.2) is 25.5 Å². The molecule has 1 saturated heterocycles. The zero-order valence-corrected chi connectivity index (χ0v) is 16.2. The number of guanidine groups is 1. The van der Waals surface area contributed by atoms with Crippen LogP contribution < -0.4 is 15.5 Å². The minimum atomic E-state index is 0.220. The van der Waals surface area contributed by atoms with Crippen molar-refractivity contribution < 1.29 is 4.79 Å². The molecule has 0 aromatic heterocycles. The average Bonchev–Trinajstić information content (AvgIpc) is 3.14. The molecule has 1 fully saturated rings. The summed E-state index contributed by atoms with van der Waals surface area (Å²) in [5.74, 6) is 0.998. The maximum absolute atomic E-state index is 11.8. The smallest absolute Gasteiger partial charge is 0.227 e. The van der Waals surface area contributed by atoms with E-state index in [0.717, 1.165) is 43.1 Å². The van der Waals surface area contributed by atoms with Crippen LogP contribution in [0.25, 0.3) is 0 Å². The molecule has 1 aliphatic heterocycles. The number of amides is 1. The van der Waals surface area contributed by atoms with Crippen LogP contribution in [0.4, 0.5) is 5.69 Å². The molecular formula is C22H28N4O. The van der Waals surface area contributed by atoms with Gasteiger partial charge in [-0.2, -0.15) is 0 Å². The molecule has 142 valence electrons. The van der Waals surface area contributed by atoms with Gasteiger partial charge in [-0.05, 0) is 41.7 Å². The van der Waals surface area contributed by atoms with Crippen molar-refractivity contribution in [3.63, 3.8) is 0 Å². The van der Waals surface area contributed by atoms with Crippen molar-refractivity contribution in [2.24, 2.45) is 4.99 Å². The summed E-state index contributed by atoms with van der Waals surface area (Å²) in [6, 6.07) is 16.6. The summed E-state index contributed by atoms with van der Waals surface area (Å²) in [6.07, 6.45) is 2.63. The van der Waals surface area contributed by atoms with Crippen LogP contribution >= 0.6 is 0 Å². The molecule has 2 aromatic carbocycles. The Balaban J connectivity index is 1.52. The number of nitrogens with zero attached hydrogens (tertiary/aromatic N) is 2. The van der Waals surface area contributed by atoms with E-state index in [4.69, 9.17) is 0 Å². The predicted octanol–water partition coefficient (Wildman–Crippen LogP) is 3.24. The maximum Gasteiger partial charge on any atom is 0.227 e. The average molecular weight is 364 g/mol. The molecule has 5 nitrogen and oxygen atoms in total. The molecule has 2 aromatic rings. The molecule has 0 radical (unpaired) electrons. The highest BCUT2D eigenvalue weighted by Crippen LogP contribution is 2.21. The van der Waals surface area contributed by atoms with Crippen molar-refractivity contribution in [3.8, 4) is 0 Å². The van der Waals surface area contributed by atoms with E-state index in [1.165, 1.54) is 11.1 Å². The van der Waals surface area contributed by atoms with Crippen LogP contribution in [0, 0.1) is 0 Å². The Morgan fingerprint density at radius 2 is 1.74 bits per heavy atom. The third kappa shape index (κ3) is 4.88. The second-order valence-corrected chi connectivity index (χ2v) is 6.72. The zero-order valence-electron chi connectivity index (χ0n) is 16.2.